The predicted molar refractivity (Wildman–Crippen MR) is 242 cm³/mol. The summed E-state index contributed by atoms with van der Waals surface area (Å²) in [7, 11) is 0. The van der Waals surface area contributed by atoms with Crippen LogP contribution in [0, 0.1) is 61.6 Å². The number of hydrogen-bond donors (Lipinski definition) is 3. The Kier molecular flexibility index (Phi) is 14.6. The molecule has 2 aliphatic heterocycles. The molecule has 0 spiro atoms. The van der Waals surface area contributed by atoms with Gasteiger partial charge in [0.25, 0.3) is 0 Å². The number of amides is 4. The van der Waals surface area contributed by atoms with Gasteiger partial charge in [-0.05, 0) is 82.6 Å². The molecule has 5 rings (SSSR count). The van der Waals surface area contributed by atoms with Gasteiger partial charge in [-0.3, -0.25) is 24.1 Å². The van der Waals surface area contributed by atoms with Crippen LogP contribution in [0.2, 0.25) is 0 Å². The second-order valence-corrected chi connectivity index (χ2v) is 19.8. The van der Waals surface area contributed by atoms with Crippen LogP contribution < -0.4 is 15.5 Å². The first-order valence-electron chi connectivity index (χ1n) is 21.0. The number of anilines is 1. The lowest BCUT2D eigenvalue weighted by molar-refractivity contribution is -0.147. The van der Waals surface area contributed by atoms with Crippen LogP contribution in [0.5, 0.6) is 0 Å². The molecule has 5 unspecified atom stereocenters. The minimum Gasteiger partial charge on any atom is -0.392 e. The van der Waals surface area contributed by atoms with Gasteiger partial charge in [0.15, 0.2) is 0 Å². The Morgan fingerprint density at radius 2 is 1.48 bits per heavy atom. The van der Waals surface area contributed by atoms with E-state index in [4.69, 9.17) is 12.2 Å². The maximum Gasteiger partial charge on any atom is 0.229 e. The molecular weight excluding hydrogens is 805 g/mol. The number of para-hydroxylation sites is 1. The Morgan fingerprint density at radius 1 is 0.869 bits per heavy atom. The van der Waals surface area contributed by atoms with Gasteiger partial charge in [0.05, 0.1) is 46.7 Å². The van der Waals surface area contributed by atoms with E-state index in [0.29, 0.717) is 29.5 Å². The van der Waals surface area contributed by atoms with Gasteiger partial charge >= 0.3 is 0 Å². The number of carbonyl (C=O) groups is 4. The molecule has 1 aliphatic carbocycles. The van der Waals surface area contributed by atoms with Crippen molar-refractivity contribution in [1.29, 1.82) is 10.5 Å². The van der Waals surface area contributed by atoms with Crippen molar-refractivity contribution < 1.29 is 24.3 Å². The number of thioether (sulfide) groups is 1. The van der Waals surface area contributed by atoms with Gasteiger partial charge in [-0.1, -0.05) is 98.6 Å². The number of allylic oxidation sites excluding steroid dienone is 2. The fourth-order valence-corrected chi connectivity index (χ4v) is 10.2. The monoisotopic (exact) mass is 862 g/mol. The Balaban J connectivity index is 1.33. The quantitative estimate of drug-likeness (QED) is 0.0800. The maximum atomic E-state index is 14.7. The maximum absolute atomic E-state index is 14.7. The molecule has 11 nitrogen and oxygen atoms in total. The number of carbonyl (C=O) groups excluding carboxylic acids is 4. The SMILES string of the molecule is CC(O)CNC(=O)C(C)(CC(C)(C)C(C)(C#N)CCC(=O)N1CCSC1=S)C(C)(C1=CC1)C(C)(C#N)CCC(=O)NCCC(=O)N1Cc2ccccc2C#Cc2ccccc21. The molecule has 3 aliphatic rings. The van der Waals surface area contributed by atoms with Gasteiger partial charge in [0.1, 0.15) is 4.32 Å². The van der Waals surface area contributed by atoms with Gasteiger partial charge in [-0.15, -0.1) is 0 Å². The topological polar surface area (TPSA) is 167 Å². The number of nitriles is 2. The number of aliphatic hydroxyl groups excluding tert-OH is 1. The average Bonchev–Trinajstić information content (AvgIpc) is 4.00. The first-order valence-corrected chi connectivity index (χ1v) is 22.4. The zero-order chi connectivity index (χ0) is 44.8. The minimum absolute atomic E-state index is 0.0188. The number of fused-ring (bicyclic) bond motifs is 2. The molecule has 0 radical (unpaired) electrons. The van der Waals surface area contributed by atoms with E-state index in [1.54, 1.807) is 23.6 Å². The molecular formula is C48H58N6O5S2. The summed E-state index contributed by atoms with van der Waals surface area (Å²) in [5.41, 5.74) is -1.55. The molecule has 3 N–H and O–H groups in total. The van der Waals surface area contributed by atoms with Crippen molar-refractivity contribution in [2.24, 2.45) is 27.1 Å². The number of hydrogen-bond acceptors (Lipinski definition) is 9. The lowest BCUT2D eigenvalue weighted by Gasteiger charge is -2.56. The van der Waals surface area contributed by atoms with Crippen LogP contribution in [-0.4, -0.2) is 69.4 Å². The molecule has 2 heterocycles. The van der Waals surface area contributed by atoms with Crippen molar-refractivity contribution in [2.45, 2.75) is 106 Å². The Labute approximate surface area is 370 Å². The van der Waals surface area contributed by atoms with Crippen molar-refractivity contribution >= 4 is 57.6 Å². The normalized spacial score (nSPS) is 18.8. The van der Waals surface area contributed by atoms with E-state index >= 15 is 0 Å². The van der Waals surface area contributed by atoms with Gasteiger partial charge in [-0.25, -0.2) is 0 Å². The molecule has 0 saturated carbocycles. The zero-order valence-corrected chi connectivity index (χ0v) is 38.1. The van der Waals surface area contributed by atoms with E-state index in [0.717, 1.165) is 28.0 Å². The van der Waals surface area contributed by atoms with E-state index in [1.807, 2.05) is 89.2 Å². The lowest BCUT2D eigenvalue weighted by Crippen LogP contribution is -2.59. The molecule has 322 valence electrons. The van der Waals surface area contributed by atoms with Crippen LogP contribution in [0.25, 0.3) is 0 Å². The average molecular weight is 863 g/mol. The number of aliphatic hydroxyl groups is 1. The van der Waals surface area contributed by atoms with Crippen molar-refractivity contribution in [3.8, 4) is 24.0 Å². The van der Waals surface area contributed by atoms with E-state index in [-0.39, 0.29) is 75.2 Å². The molecule has 0 bridgehead atoms. The number of nitrogens with zero attached hydrogens (tertiary/aromatic N) is 4. The van der Waals surface area contributed by atoms with Crippen LogP contribution in [0.15, 0.2) is 60.2 Å². The van der Waals surface area contributed by atoms with E-state index in [9.17, 15) is 34.8 Å². The molecule has 4 amide bonds. The van der Waals surface area contributed by atoms with Crippen LogP contribution >= 0.6 is 24.0 Å². The Bertz CT molecular complexity index is 2250. The fraction of sp³-hybridized carbons (Fsp3) is 0.521. The third-order valence-electron chi connectivity index (χ3n) is 13.7. The van der Waals surface area contributed by atoms with Gasteiger partial charge < -0.3 is 20.6 Å². The van der Waals surface area contributed by atoms with Crippen molar-refractivity contribution in [3.63, 3.8) is 0 Å². The molecule has 0 aromatic heterocycles. The first kappa shape index (κ1) is 47.1. The third-order valence-corrected chi connectivity index (χ3v) is 15.1. The second-order valence-electron chi connectivity index (χ2n) is 18.1. The van der Waals surface area contributed by atoms with Crippen molar-refractivity contribution in [1.82, 2.24) is 15.5 Å². The smallest absolute Gasteiger partial charge is 0.229 e. The molecule has 61 heavy (non-hydrogen) atoms. The Morgan fingerprint density at radius 3 is 2.10 bits per heavy atom. The van der Waals surface area contributed by atoms with E-state index < -0.39 is 33.2 Å². The number of thiocarbonyl (C=S) groups is 1. The van der Waals surface area contributed by atoms with Gasteiger partial charge in [-0.2, -0.15) is 10.5 Å². The summed E-state index contributed by atoms with van der Waals surface area (Å²) in [5, 5.41) is 37.9. The van der Waals surface area contributed by atoms with Gasteiger partial charge in [0, 0.05) is 61.2 Å². The van der Waals surface area contributed by atoms with E-state index in [1.165, 1.54) is 11.8 Å². The highest BCUT2D eigenvalue weighted by molar-refractivity contribution is 8.23. The second kappa shape index (κ2) is 18.9. The van der Waals surface area contributed by atoms with Crippen LogP contribution in [0.1, 0.15) is 110 Å². The van der Waals surface area contributed by atoms with Gasteiger partial charge in [0.2, 0.25) is 23.6 Å². The number of nitrogens with one attached hydrogen (secondary N) is 2. The summed E-state index contributed by atoms with van der Waals surface area (Å²) in [5.74, 6) is 6.14. The molecule has 2 aromatic rings. The first-order chi connectivity index (χ1) is 28.8. The van der Waals surface area contributed by atoms with Crippen LogP contribution in [-0.2, 0) is 25.7 Å². The van der Waals surface area contributed by atoms with Crippen molar-refractivity contribution in [2.75, 3.05) is 30.3 Å². The third kappa shape index (κ3) is 9.89. The standard InChI is InChI=1S/C48H58N6O5S2/c1-33(55)28-52-42(59)47(6,30-44(2,3)45(4,31-49)24-21-40(57)53-26-27-61-43(53)60)48(7,37-18-19-37)46(5,32-50)23-20-39(56)51-25-22-41(58)54-29-36-14-9-8-12-34(36)16-17-35-13-10-11-15-38(35)54/h8-15,18,33,55H,19-30H2,1-7H3,(H,51,56)(H,52,59). The lowest BCUT2D eigenvalue weighted by atomic mass is 9.45. The minimum atomic E-state index is -1.33. The summed E-state index contributed by atoms with van der Waals surface area (Å²) in [4.78, 5) is 58.6. The molecule has 5 atom stereocenters. The summed E-state index contributed by atoms with van der Waals surface area (Å²) >= 11 is 6.83. The molecule has 2 aromatic carbocycles. The highest BCUT2D eigenvalue weighted by Gasteiger charge is 2.64. The van der Waals surface area contributed by atoms with Crippen LogP contribution in [0.3, 0.4) is 0 Å². The molecule has 1 saturated heterocycles. The zero-order valence-electron chi connectivity index (χ0n) is 36.4. The Hall–Kier alpha value is -5.00. The van der Waals surface area contributed by atoms with Crippen molar-refractivity contribution in [3.05, 3.63) is 76.9 Å². The van der Waals surface area contributed by atoms with Crippen LogP contribution in [0.4, 0.5) is 5.69 Å². The largest absolute Gasteiger partial charge is 0.392 e. The number of rotatable bonds is 18. The summed E-state index contributed by atoms with van der Waals surface area (Å²) in [6.45, 7) is 13.7. The predicted octanol–water partition coefficient (Wildman–Crippen LogP) is 7.18. The summed E-state index contributed by atoms with van der Waals surface area (Å²) in [6, 6.07) is 20.3. The highest BCUT2D eigenvalue weighted by atomic mass is 32.2. The number of benzene rings is 2. The summed E-state index contributed by atoms with van der Waals surface area (Å²) in [6.07, 6.45) is 2.33. The molecule has 13 heteroatoms. The fourth-order valence-electron chi connectivity index (χ4n) is 8.95. The van der Waals surface area contributed by atoms with E-state index in [2.05, 4.69) is 34.6 Å². The highest BCUT2D eigenvalue weighted by Crippen LogP contribution is 2.66. The summed E-state index contributed by atoms with van der Waals surface area (Å²) < 4.78 is 0.535. The molecule has 1 fully saturated rings.